The maximum Gasteiger partial charge on any atom is 0.0273 e. The van der Waals surface area contributed by atoms with Crippen LogP contribution >= 0.6 is 0 Å². The van der Waals surface area contributed by atoms with Crippen molar-refractivity contribution in [3.63, 3.8) is 0 Å². The Balaban J connectivity index is 4.58. The second kappa shape index (κ2) is 4.59. The smallest absolute Gasteiger partial charge is 0.0273 e. The summed E-state index contributed by atoms with van der Waals surface area (Å²) in [6.45, 7) is 15.2. The van der Waals surface area contributed by atoms with Crippen molar-refractivity contribution in [3.05, 3.63) is 12.2 Å². The van der Waals surface area contributed by atoms with E-state index in [1.807, 2.05) is 13.3 Å². The number of aliphatic imine (C=N–C) groups is 1. The van der Waals surface area contributed by atoms with E-state index in [9.17, 15) is 0 Å². The standard InChI is InChI=1S/C12H23N/c1-9(2)10(3)11(4)12(5,6)8-13-7/h8-10H,4H2,1-3,5-7H3/b13-8+. The highest BCUT2D eigenvalue weighted by Gasteiger charge is 2.24. The molecule has 0 aromatic heterocycles. The van der Waals surface area contributed by atoms with Gasteiger partial charge in [0.05, 0.1) is 0 Å². The third kappa shape index (κ3) is 3.33. The van der Waals surface area contributed by atoms with Crippen LogP contribution in [0, 0.1) is 17.3 Å². The summed E-state index contributed by atoms with van der Waals surface area (Å²) < 4.78 is 0. The average Bonchev–Trinajstić information content (AvgIpc) is 2.01. The lowest BCUT2D eigenvalue weighted by atomic mass is 9.76. The summed E-state index contributed by atoms with van der Waals surface area (Å²) in [5, 5.41) is 0. The largest absolute Gasteiger partial charge is 0.300 e. The van der Waals surface area contributed by atoms with E-state index in [2.05, 4.69) is 46.2 Å². The summed E-state index contributed by atoms with van der Waals surface area (Å²) in [6.07, 6.45) is 1.98. The van der Waals surface area contributed by atoms with E-state index in [1.54, 1.807) is 0 Å². The van der Waals surface area contributed by atoms with E-state index in [1.165, 1.54) is 5.57 Å². The minimum atomic E-state index is 0.0262. The summed E-state index contributed by atoms with van der Waals surface area (Å²) in [4.78, 5) is 4.08. The van der Waals surface area contributed by atoms with Crippen molar-refractivity contribution in [2.75, 3.05) is 7.05 Å². The summed E-state index contributed by atoms with van der Waals surface area (Å²) in [7, 11) is 1.81. The van der Waals surface area contributed by atoms with Crippen molar-refractivity contribution < 1.29 is 0 Å². The van der Waals surface area contributed by atoms with Crippen LogP contribution in [0.3, 0.4) is 0 Å². The van der Waals surface area contributed by atoms with Gasteiger partial charge >= 0.3 is 0 Å². The molecule has 1 atom stereocenters. The fourth-order valence-electron chi connectivity index (χ4n) is 1.39. The van der Waals surface area contributed by atoms with Gasteiger partial charge in [-0.15, -0.1) is 0 Å². The van der Waals surface area contributed by atoms with Crippen LogP contribution in [0.15, 0.2) is 17.1 Å². The molecule has 0 saturated carbocycles. The van der Waals surface area contributed by atoms with E-state index in [0.717, 1.165) is 0 Å². The molecular formula is C12H23N. The molecule has 1 nitrogen and oxygen atoms in total. The molecule has 0 spiro atoms. The number of nitrogens with zero attached hydrogens (tertiary/aromatic N) is 1. The van der Waals surface area contributed by atoms with Crippen molar-refractivity contribution >= 4 is 6.21 Å². The number of hydrogen-bond acceptors (Lipinski definition) is 1. The lowest BCUT2D eigenvalue weighted by Crippen LogP contribution is -2.23. The molecule has 0 fully saturated rings. The van der Waals surface area contributed by atoms with Crippen molar-refractivity contribution in [2.45, 2.75) is 34.6 Å². The van der Waals surface area contributed by atoms with Crippen molar-refractivity contribution in [3.8, 4) is 0 Å². The molecule has 0 rings (SSSR count). The Hall–Kier alpha value is -0.590. The molecule has 0 aromatic rings. The van der Waals surface area contributed by atoms with E-state index in [4.69, 9.17) is 0 Å². The Morgan fingerprint density at radius 2 is 1.77 bits per heavy atom. The van der Waals surface area contributed by atoms with Crippen LogP contribution in [0.5, 0.6) is 0 Å². The van der Waals surface area contributed by atoms with Crippen LogP contribution in [0.1, 0.15) is 34.6 Å². The van der Waals surface area contributed by atoms with Crippen LogP contribution in [-0.2, 0) is 0 Å². The van der Waals surface area contributed by atoms with Gasteiger partial charge in [0.1, 0.15) is 0 Å². The van der Waals surface area contributed by atoms with Gasteiger partial charge in [-0.3, -0.25) is 4.99 Å². The molecule has 0 aliphatic carbocycles. The van der Waals surface area contributed by atoms with Gasteiger partial charge in [-0.05, 0) is 11.8 Å². The zero-order valence-electron chi connectivity index (χ0n) is 9.89. The van der Waals surface area contributed by atoms with Crippen LogP contribution in [-0.4, -0.2) is 13.3 Å². The molecule has 0 amide bonds. The molecule has 0 aliphatic rings. The predicted octanol–water partition coefficient (Wildman–Crippen LogP) is 3.56. The topological polar surface area (TPSA) is 12.4 Å². The van der Waals surface area contributed by atoms with E-state index < -0.39 is 0 Å². The maximum absolute atomic E-state index is 4.17. The quantitative estimate of drug-likeness (QED) is 0.464. The molecule has 76 valence electrons. The highest BCUT2D eigenvalue weighted by atomic mass is 14.7. The third-order valence-electron chi connectivity index (χ3n) is 2.83. The highest BCUT2D eigenvalue weighted by Crippen LogP contribution is 2.32. The molecule has 0 bridgehead atoms. The van der Waals surface area contributed by atoms with Gasteiger partial charge in [-0.25, -0.2) is 0 Å². The molecule has 0 N–H and O–H groups in total. The van der Waals surface area contributed by atoms with E-state index in [-0.39, 0.29) is 5.41 Å². The second-order valence-corrected chi connectivity index (χ2v) is 4.67. The molecule has 1 unspecified atom stereocenters. The fourth-order valence-corrected chi connectivity index (χ4v) is 1.39. The molecule has 13 heavy (non-hydrogen) atoms. The van der Waals surface area contributed by atoms with Gasteiger partial charge in [0.25, 0.3) is 0 Å². The second-order valence-electron chi connectivity index (χ2n) is 4.67. The molecule has 0 saturated heterocycles. The zero-order valence-corrected chi connectivity index (χ0v) is 9.89. The highest BCUT2D eigenvalue weighted by molar-refractivity contribution is 5.69. The van der Waals surface area contributed by atoms with Gasteiger partial charge in [0.15, 0.2) is 0 Å². The summed E-state index contributed by atoms with van der Waals surface area (Å²) in [5.41, 5.74) is 1.30. The van der Waals surface area contributed by atoms with Crippen molar-refractivity contribution in [1.82, 2.24) is 0 Å². The first kappa shape index (κ1) is 12.4. The average molecular weight is 181 g/mol. The lowest BCUT2D eigenvalue weighted by Gasteiger charge is -2.29. The molecule has 0 radical (unpaired) electrons. The Morgan fingerprint density at radius 1 is 1.31 bits per heavy atom. The molecular weight excluding hydrogens is 158 g/mol. The molecule has 0 heterocycles. The summed E-state index contributed by atoms with van der Waals surface area (Å²) in [6, 6.07) is 0. The first-order valence-electron chi connectivity index (χ1n) is 4.95. The molecule has 1 heteroatoms. The Kier molecular flexibility index (Phi) is 4.38. The number of hydrogen-bond donors (Lipinski definition) is 0. The van der Waals surface area contributed by atoms with E-state index in [0.29, 0.717) is 11.8 Å². The fraction of sp³-hybridized carbons (Fsp3) is 0.750. The van der Waals surface area contributed by atoms with Crippen LogP contribution < -0.4 is 0 Å². The Morgan fingerprint density at radius 3 is 2.08 bits per heavy atom. The van der Waals surface area contributed by atoms with Crippen LogP contribution in [0.25, 0.3) is 0 Å². The molecule has 0 aromatic carbocycles. The SMILES string of the molecule is C=C(C(C)C(C)C)C(C)(C)/C=N/C. The zero-order chi connectivity index (χ0) is 10.6. The molecule has 0 aliphatic heterocycles. The summed E-state index contributed by atoms with van der Waals surface area (Å²) in [5.74, 6) is 1.20. The van der Waals surface area contributed by atoms with Crippen LogP contribution in [0.2, 0.25) is 0 Å². The normalized spacial score (nSPS) is 15.3. The van der Waals surface area contributed by atoms with Gasteiger partial charge in [0.2, 0.25) is 0 Å². The van der Waals surface area contributed by atoms with Gasteiger partial charge in [0, 0.05) is 18.7 Å². The predicted molar refractivity (Wildman–Crippen MR) is 61.3 cm³/mol. The van der Waals surface area contributed by atoms with Crippen molar-refractivity contribution in [1.29, 1.82) is 0 Å². The van der Waals surface area contributed by atoms with E-state index >= 15 is 0 Å². The van der Waals surface area contributed by atoms with Crippen LogP contribution in [0.4, 0.5) is 0 Å². The van der Waals surface area contributed by atoms with Gasteiger partial charge in [-0.2, -0.15) is 0 Å². The first-order chi connectivity index (χ1) is 5.83. The minimum absolute atomic E-state index is 0.0262. The minimum Gasteiger partial charge on any atom is -0.300 e. The number of allylic oxidation sites excluding steroid dienone is 1. The summed E-state index contributed by atoms with van der Waals surface area (Å²) >= 11 is 0. The van der Waals surface area contributed by atoms with Gasteiger partial charge < -0.3 is 0 Å². The Labute approximate surface area is 83.0 Å². The monoisotopic (exact) mass is 181 g/mol. The lowest BCUT2D eigenvalue weighted by molar-refractivity contribution is 0.421. The third-order valence-corrected chi connectivity index (χ3v) is 2.83. The maximum atomic E-state index is 4.17. The first-order valence-corrected chi connectivity index (χ1v) is 4.95. The Bertz CT molecular complexity index is 199. The number of rotatable bonds is 4. The van der Waals surface area contributed by atoms with Gasteiger partial charge in [-0.1, -0.05) is 46.8 Å². The van der Waals surface area contributed by atoms with Crippen molar-refractivity contribution in [2.24, 2.45) is 22.2 Å².